The molecule has 0 bridgehead atoms. The van der Waals surface area contributed by atoms with Crippen LogP contribution >= 0.6 is 15.9 Å². The van der Waals surface area contributed by atoms with Crippen molar-refractivity contribution in [1.29, 1.82) is 0 Å². The molecule has 2 aromatic rings. The van der Waals surface area contributed by atoms with Crippen molar-refractivity contribution in [3.05, 3.63) is 40.2 Å². The highest BCUT2D eigenvalue weighted by Gasteiger charge is 2.05. The number of benzene rings is 1. The van der Waals surface area contributed by atoms with Gasteiger partial charge in [-0.3, -0.25) is 0 Å². The number of nitrogens with zero attached hydrogens (tertiary/aromatic N) is 1. The molecule has 2 rings (SSSR count). The van der Waals surface area contributed by atoms with Crippen LogP contribution in [0.25, 0.3) is 10.9 Å². The average Bonchev–Trinajstić information content (AvgIpc) is 2.23. The normalized spacial score (nSPS) is 10.8. The number of hydrogen-bond acceptors (Lipinski definition) is 2. The third-order valence-electron chi connectivity index (χ3n) is 1.97. The second-order valence-electron chi connectivity index (χ2n) is 2.89. The lowest BCUT2D eigenvalue weighted by Gasteiger charge is -2.02. The van der Waals surface area contributed by atoms with E-state index >= 15 is 0 Å². The molecule has 4 heteroatoms. The fourth-order valence-electron chi connectivity index (χ4n) is 1.28. The number of hydrogen-bond donors (Lipinski definition) is 1. The Labute approximate surface area is 88.5 Å². The summed E-state index contributed by atoms with van der Waals surface area (Å²) in [5.41, 5.74) is 1.07. The molecule has 2 nitrogen and oxygen atoms in total. The van der Waals surface area contributed by atoms with Crippen LogP contribution in [-0.2, 0) is 6.61 Å². The number of aliphatic hydroxyl groups excluding tert-OH is 1. The Hall–Kier alpha value is -1.00. The Bertz CT molecular complexity index is 487. The van der Waals surface area contributed by atoms with Crippen LogP contribution in [-0.4, -0.2) is 10.1 Å². The van der Waals surface area contributed by atoms with Crippen LogP contribution in [0.2, 0.25) is 0 Å². The first-order valence-electron chi connectivity index (χ1n) is 4.07. The molecule has 72 valence electrons. The molecule has 0 saturated heterocycles. The number of halogens is 2. The van der Waals surface area contributed by atoms with Gasteiger partial charge in [-0.25, -0.2) is 9.37 Å². The van der Waals surface area contributed by atoms with Crippen LogP contribution in [0.4, 0.5) is 4.39 Å². The van der Waals surface area contributed by atoms with Crippen LogP contribution in [0.15, 0.2) is 28.7 Å². The fourth-order valence-corrected chi connectivity index (χ4v) is 1.71. The molecule has 0 aliphatic carbocycles. The van der Waals surface area contributed by atoms with Gasteiger partial charge in [-0.05, 0) is 40.2 Å². The van der Waals surface area contributed by atoms with Crippen LogP contribution in [0.1, 0.15) is 5.69 Å². The zero-order chi connectivity index (χ0) is 10.1. The van der Waals surface area contributed by atoms with Crippen LogP contribution in [0.3, 0.4) is 0 Å². The van der Waals surface area contributed by atoms with Gasteiger partial charge in [0.25, 0.3) is 0 Å². The van der Waals surface area contributed by atoms with Crippen molar-refractivity contribution in [1.82, 2.24) is 4.98 Å². The standard InChI is InChI=1S/C10H7BrFNO/c11-8-3-4-9(12)7-2-1-6(5-14)13-10(7)8/h1-4,14H,5H2. The quantitative estimate of drug-likeness (QED) is 0.850. The Morgan fingerprint density at radius 1 is 1.29 bits per heavy atom. The number of aliphatic hydroxyl groups is 1. The highest BCUT2D eigenvalue weighted by molar-refractivity contribution is 9.10. The molecule has 0 radical (unpaired) electrons. The lowest BCUT2D eigenvalue weighted by molar-refractivity contribution is 0.277. The molecule has 0 amide bonds. The van der Waals surface area contributed by atoms with Crippen molar-refractivity contribution in [2.75, 3.05) is 0 Å². The first-order chi connectivity index (χ1) is 6.72. The van der Waals surface area contributed by atoms with E-state index < -0.39 is 0 Å². The molecular formula is C10H7BrFNO. The van der Waals surface area contributed by atoms with Gasteiger partial charge >= 0.3 is 0 Å². The Morgan fingerprint density at radius 3 is 2.79 bits per heavy atom. The molecule has 1 N–H and O–H groups in total. The van der Waals surface area contributed by atoms with E-state index in [2.05, 4.69) is 20.9 Å². The van der Waals surface area contributed by atoms with Crippen molar-refractivity contribution in [2.24, 2.45) is 0 Å². The average molecular weight is 256 g/mol. The van der Waals surface area contributed by atoms with Gasteiger partial charge in [-0.15, -0.1) is 0 Å². The summed E-state index contributed by atoms with van der Waals surface area (Å²) in [7, 11) is 0. The summed E-state index contributed by atoms with van der Waals surface area (Å²) in [5.74, 6) is -0.305. The number of rotatable bonds is 1. The van der Waals surface area contributed by atoms with Crippen molar-refractivity contribution < 1.29 is 9.50 Å². The van der Waals surface area contributed by atoms with Crippen LogP contribution in [0.5, 0.6) is 0 Å². The minimum atomic E-state index is -0.305. The van der Waals surface area contributed by atoms with Crippen molar-refractivity contribution in [3.8, 4) is 0 Å². The largest absolute Gasteiger partial charge is 0.390 e. The minimum Gasteiger partial charge on any atom is -0.390 e. The summed E-state index contributed by atoms with van der Waals surface area (Å²) in [4.78, 5) is 4.12. The lowest BCUT2D eigenvalue weighted by Crippen LogP contribution is -1.91. The molecule has 0 saturated carbocycles. The lowest BCUT2D eigenvalue weighted by atomic mass is 10.2. The zero-order valence-corrected chi connectivity index (χ0v) is 8.75. The summed E-state index contributed by atoms with van der Waals surface area (Å²) >= 11 is 3.28. The number of fused-ring (bicyclic) bond motifs is 1. The van der Waals surface area contributed by atoms with E-state index in [0.29, 0.717) is 16.6 Å². The molecule has 1 aromatic carbocycles. The summed E-state index contributed by atoms with van der Waals surface area (Å²) in [6.45, 7) is -0.140. The van der Waals surface area contributed by atoms with Gasteiger partial charge in [0.1, 0.15) is 5.82 Å². The second kappa shape index (κ2) is 3.63. The van der Waals surface area contributed by atoms with E-state index in [9.17, 15) is 4.39 Å². The fraction of sp³-hybridized carbons (Fsp3) is 0.100. The van der Waals surface area contributed by atoms with Gasteiger partial charge in [-0.1, -0.05) is 0 Å². The monoisotopic (exact) mass is 255 g/mol. The summed E-state index contributed by atoms with van der Waals surface area (Å²) < 4.78 is 14.0. The SMILES string of the molecule is OCc1ccc2c(F)ccc(Br)c2n1. The maximum Gasteiger partial charge on any atom is 0.132 e. The summed E-state index contributed by atoms with van der Waals surface area (Å²) in [6.07, 6.45) is 0. The van der Waals surface area contributed by atoms with Crippen molar-refractivity contribution >= 4 is 26.8 Å². The topological polar surface area (TPSA) is 33.1 Å². The minimum absolute atomic E-state index is 0.140. The maximum absolute atomic E-state index is 13.3. The van der Waals surface area contributed by atoms with E-state index in [-0.39, 0.29) is 12.4 Å². The van der Waals surface area contributed by atoms with Crippen molar-refractivity contribution in [2.45, 2.75) is 6.61 Å². The highest BCUT2D eigenvalue weighted by Crippen LogP contribution is 2.24. The van der Waals surface area contributed by atoms with Gasteiger partial charge < -0.3 is 5.11 Å². The van der Waals surface area contributed by atoms with E-state index in [0.717, 1.165) is 4.47 Å². The molecule has 0 atom stereocenters. The first-order valence-corrected chi connectivity index (χ1v) is 4.86. The van der Waals surface area contributed by atoms with Gasteiger partial charge in [-0.2, -0.15) is 0 Å². The third kappa shape index (κ3) is 1.51. The van der Waals surface area contributed by atoms with Crippen LogP contribution < -0.4 is 0 Å². The number of aromatic nitrogens is 1. The van der Waals surface area contributed by atoms with E-state index in [1.807, 2.05) is 0 Å². The molecule has 1 heterocycles. The predicted molar refractivity (Wildman–Crippen MR) is 55.3 cm³/mol. The highest BCUT2D eigenvalue weighted by atomic mass is 79.9. The smallest absolute Gasteiger partial charge is 0.132 e. The molecule has 0 spiro atoms. The predicted octanol–water partition coefficient (Wildman–Crippen LogP) is 2.63. The third-order valence-corrected chi connectivity index (χ3v) is 2.61. The van der Waals surface area contributed by atoms with Crippen LogP contribution in [0, 0.1) is 5.82 Å². The van der Waals surface area contributed by atoms with E-state index in [4.69, 9.17) is 5.11 Å². The molecule has 0 aliphatic heterocycles. The van der Waals surface area contributed by atoms with Gasteiger partial charge in [0.15, 0.2) is 0 Å². The zero-order valence-electron chi connectivity index (χ0n) is 7.17. The van der Waals surface area contributed by atoms with Gasteiger partial charge in [0, 0.05) is 9.86 Å². The molecule has 0 unspecified atom stereocenters. The Balaban J connectivity index is 2.80. The van der Waals surface area contributed by atoms with E-state index in [1.165, 1.54) is 6.07 Å². The maximum atomic E-state index is 13.3. The molecular weight excluding hydrogens is 249 g/mol. The molecule has 0 aliphatic rings. The summed E-state index contributed by atoms with van der Waals surface area (Å²) in [6, 6.07) is 6.21. The van der Waals surface area contributed by atoms with E-state index in [1.54, 1.807) is 18.2 Å². The molecule has 1 aromatic heterocycles. The summed E-state index contributed by atoms with van der Waals surface area (Å²) in [5, 5.41) is 9.34. The Morgan fingerprint density at radius 2 is 2.07 bits per heavy atom. The van der Waals surface area contributed by atoms with Gasteiger partial charge in [0.2, 0.25) is 0 Å². The van der Waals surface area contributed by atoms with Gasteiger partial charge in [0.05, 0.1) is 17.8 Å². The second-order valence-corrected chi connectivity index (χ2v) is 3.74. The molecule has 0 fully saturated rings. The number of pyridine rings is 1. The van der Waals surface area contributed by atoms with Crippen molar-refractivity contribution in [3.63, 3.8) is 0 Å². The first kappa shape index (κ1) is 9.55. The molecule has 14 heavy (non-hydrogen) atoms. The Kier molecular flexibility index (Phi) is 2.48.